The maximum absolute atomic E-state index is 13.5. The molecule has 1 fully saturated rings. The molecule has 0 bridgehead atoms. The standard InChI is InChI=1S/C31H30ClFN4O3S/c32-25-6-1-22(2-7-25)16-36(17-23-3-8-26(33)9-4-23)19-30-34-27(20-41-30)31(38)37-13-11-35(12-14-37)18-24-5-10-28-29(15-24)40-21-39-28/h1-10,15,20H,11-14,16-19,21H2. The Balaban J connectivity index is 1.06. The fourth-order valence-corrected chi connectivity index (χ4v) is 6.04. The van der Waals surface area contributed by atoms with Crippen molar-refractivity contribution < 1.29 is 18.7 Å². The number of hydrogen-bond donors (Lipinski definition) is 0. The largest absolute Gasteiger partial charge is 0.454 e. The van der Waals surface area contributed by atoms with Gasteiger partial charge in [-0.15, -0.1) is 11.3 Å². The van der Waals surface area contributed by atoms with Gasteiger partial charge in [0.15, 0.2) is 11.5 Å². The number of rotatable bonds is 9. The number of nitrogens with zero attached hydrogens (tertiary/aromatic N) is 4. The normalized spacial score (nSPS) is 15.0. The van der Waals surface area contributed by atoms with Crippen molar-refractivity contribution in [3.63, 3.8) is 0 Å². The predicted molar refractivity (Wildman–Crippen MR) is 157 cm³/mol. The van der Waals surface area contributed by atoms with Gasteiger partial charge in [0.2, 0.25) is 6.79 Å². The summed E-state index contributed by atoms with van der Waals surface area (Å²) in [4.78, 5) is 24.5. The highest BCUT2D eigenvalue weighted by atomic mass is 35.5. The second kappa shape index (κ2) is 12.6. The molecule has 7 nitrogen and oxygen atoms in total. The van der Waals surface area contributed by atoms with Gasteiger partial charge in [-0.05, 0) is 53.1 Å². The first-order chi connectivity index (χ1) is 20.0. The number of ether oxygens (including phenoxy) is 2. The third-order valence-corrected chi connectivity index (χ3v) is 8.36. The molecule has 1 amide bonds. The molecule has 1 aromatic heterocycles. The number of carbonyl (C=O) groups excluding carboxylic acids is 1. The lowest BCUT2D eigenvalue weighted by Gasteiger charge is -2.34. The molecule has 0 spiro atoms. The molecule has 0 aliphatic carbocycles. The summed E-state index contributed by atoms with van der Waals surface area (Å²) in [6, 6.07) is 20.4. The zero-order valence-electron chi connectivity index (χ0n) is 22.5. The first kappa shape index (κ1) is 27.7. The molecule has 6 rings (SSSR count). The molecule has 0 unspecified atom stereocenters. The Labute approximate surface area is 247 Å². The van der Waals surface area contributed by atoms with Crippen LogP contribution < -0.4 is 9.47 Å². The van der Waals surface area contributed by atoms with Gasteiger partial charge in [-0.2, -0.15) is 0 Å². The molecule has 0 saturated carbocycles. The first-order valence-corrected chi connectivity index (χ1v) is 14.8. The van der Waals surface area contributed by atoms with Crippen LogP contribution in [0.1, 0.15) is 32.2 Å². The minimum absolute atomic E-state index is 0.0296. The van der Waals surface area contributed by atoms with E-state index in [0.29, 0.717) is 43.4 Å². The van der Waals surface area contributed by atoms with E-state index in [4.69, 9.17) is 26.1 Å². The van der Waals surface area contributed by atoms with E-state index >= 15 is 0 Å². The molecule has 2 aliphatic rings. The van der Waals surface area contributed by atoms with E-state index < -0.39 is 0 Å². The third-order valence-electron chi connectivity index (χ3n) is 7.27. The van der Waals surface area contributed by atoms with Crippen molar-refractivity contribution in [1.82, 2.24) is 19.7 Å². The maximum atomic E-state index is 13.5. The van der Waals surface area contributed by atoms with E-state index in [2.05, 4.69) is 15.9 Å². The van der Waals surface area contributed by atoms with E-state index in [1.807, 2.05) is 46.7 Å². The number of amides is 1. The number of carbonyl (C=O) groups is 1. The summed E-state index contributed by atoms with van der Waals surface area (Å²) in [7, 11) is 0. The van der Waals surface area contributed by atoms with Crippen molar-refractivity contribution in [3.05, 3.63) is 110 Å². The van der Waals surface area contributed by atoms with Crippen molar-refractivity contribution in [2.45, 2.75) is 26.2 Å². The fourth-order valence-electron chi connectivity index (χ4n) is 5.11. The zero-order chi connectivity index (χ0) is 28.2. The van der Waals surface area contributed by atoms with Gasteiger partial charge < -0.3 is 14.4 Å². The highest BCUT2D eigenvalue weighted by Gasteiger charge is 2.25. The molecule has 10 heteroatoms. The van der Waals surface area contributed by atoms with Gasteiger partial charge >= 0.3 is 0 Å². The van der Waals surface area contributed by atoms with Crippen LogP contribution in [0.15, 0.2) is 72.1 Å². The van der Waals surface area contributed by atoms with Gasteiger partial charge in [0.05, 0.1) is 6.54 Å². The molecule has 0 N–H and O–H groups in total. The predicted octanol–water partition coefficient (Wildman–Crippen LogP) is 5.82. The van der Waals surface area contributed by atoms with Crippen LogP contribution in [0.3, 0.4) is 0 Å². The summed E-state index contributed by atoms with van der Waals surface area (Å²) in [5.41, 5.74) is 3.78. The summed E-state index contributed by atoms with van der Waals surface area (Å²) in [6.07, 6.45) is 0. The number of halogens is 2. The van der Waals surface area contributed by atoms with Gasteiger partial charge in [-0.1, -0.05) is 41.9 Å². The van der Waals surface area contributed by atoms with Crippen LogP contribution in [0.5, 0.6) is 11.5 Å². The van der Waals surface area contributed by atoms with Crippen molar-refractivity contribution in [3.8, 4) is 11.5 Å². The second-order valence-corrected chi connectivity index (χ2v) is 11.7. The number of benzene rings is 3. The molecular weight excluding hydrogens is 563 g/mol. The van der Waals surface area contributed by atoms with Crippen molar-refractivity contribution in [2.75, 3.05) is 33.0 Å². The van der Waals surface area contributed by atoms with Crippen molar-refractivity contribution in [1.29, 1.82) is 0 Å². The Bertz CT molecular complexity index is 1440. The average molecular weight is 593 g/mol. The van der Waals surface area contributed by atoms with E-state index in [-0.39, 0.29) is 18.5 Å². The zero-order valence-corrected chi connectivity index (χ0v) is 24.0. The monoisotopic (exact) mass is 592 g/mol. The van der Waals surface area contributed by atoms with E-state index in [1.54, 1.807) is 12.1 Å². The highest BCUT2D eigenvalue weighted by molar-refractivity contribution is 7.09. The Morgan fingerprint density at radius 3 is 2.27 bits per heavy atom. The molecular formula is C31H30ClFN4O3S. The number of piperazine rings is 1. The first-order valence-electron chi connectivity index (χ1n) is 13.5. The van der Waals surface area contributed by atoms with Crippen LogP contribution in [0.2, 0.25) is 5.02 Å². The topological polar surface area (TPSA) is 58.1 Å². The third kappa shape index (κ3) is 7.05. The van der Waals surface area contributed by atoms with E-state index in [1.165, 1.54) is 29.0 Å². The van der Waals surface area contributed by atoms with Crippen LogP contribution in [0, 0.1) is 5.82 Å². The van der Waals surface area contributed by atoms with Gasteiger partial charge in [0, 0.05) is 56.2 Å². The Kier molecular flexibility index (Phi) is 8.48. The maximum Gasteiger partial charge on any atom is 0.273 e. The lowest BCUT2D eigenvalue weighted by molar-refractivity contribution is 0.0623. The van der Waals surface area contributed by atoms with Gasteiger partial charge in [0.25, 0.3) is 5.91 Å². The Hall–Kier alpha value is -3.50. The van der Waals surface area contributed by atoms with Crippen LogP contribution in [-0.4, -0.2) is 58.6 Å². The summed E-state index contributed by atoms with van der Waals surface area (Å²) in [5.74, 6) is 1.29. The van der Waals surface area contributed by atoms with Crippen LogP contribution in [-0.2, 0) is 26.2 Å². The van der Waals surface area contributed by atoms with Crippen molar-refractivity contribution in [2.24, 2.45) is 0 Å². The lowest BCUT2D eigenvalue weighted by Crippen LogP contribution is -2.48. The number of aromatic nitrogens is 1. The summed E-state index contributed by atoms with van der Waals surface area (Å²) in [6.45, 7) is 5.84. The number of fused-ring (bicyclic) bond motifs is 1. The Morgan fingerprint density at radius 2 is 1.54 bits per heavy atom. The fraction of sp³-hybridized carbons (Fsp3) is 0.290. The molecule has 1 saturated heterocycles. The Morgan fingerprint density at radius 1 is 0.878 bits per heavy atom. The van der Waals surface area contributed by atoms with Gasteiger partial charge in [0.1, 0.15) is 16.5 Å². The van der Waals surface area contributed by atoms with Crippen LogP contribution in [0.25, 0.3) is 0 Å². The number of thiazole rings is 1. The lowest BCUT2D eigenvalue weighted by atomic mass is 10.1. The highest BCUT2D eigenvalue weighted by Crippen LogP contribution is 2.33. The second-order valence-electron chi connectivity index (χ2n) is 10.3. The number of hydrogen-bond acceptors (Lipinski definition) is 7. The molecule has 4 aromatic rings. The molecule has 0 radical (unpaired) electrons. The molecule has 212 valence electrons. The average Bonchev–Trinajstić information content (AvgIpc) is 3.65. The minimum atomic E-state index is -0.255. The van der Waals surface area contributed by atoms with Gasteiger partial charge in [-0.3, -0.25) is 14.6 Å². The van der Waals surface area contributed by atoms with Gasteiger partial charge in [-0.25, -0.2) is 9.37 Å². The van der Waals surface area contributed by atoms with E-state index in [0.717, 1.165) is 47.3 Å². The van der Waals surface area contributed by atoms with Crippen LogP contribution in [0.4, 0.5) is 4.39 Å². The SMILES string of the molecule is O=C(c1csc(CN(Cc2ccc(F)cc2)Cc2ccc(Cl)cc2)n1)N1CCN(Cc2ccc3c(c2)OCO3)CC1. The van der Waals surface area contributed by atoms with Crippen molar-refractivity contribution >= 4 is 28.8 Å². The molecule has 3 heterocycles. The summed E-state index contributed by atoms with van der Waals surface area (Å²) in [5, 5.41) is 3.41. The molecule has 0 atom stereocenters. The smallest absolute Gasteiger partial charge is 0.273 e. The van der Waals surface area contributed by atoms with E-state index in [9.17, 15) is 9.18 Å². The summed E-state index contributed by atoms with van der Waals surface area (Å²) >= 11 is 7.57. The molecule has 3 aromatic carbocycles. The van der Waals surface area contributed by atoms with Crippen LogP contribution >= 0.6 is 22.9 Å². The quantitative estimate of drug-likeness (QED) is 0.244. The molecule has 2 aliphatic heterocycles. The molecule has 41 heavy (non-hydrogen) atoms. The summed E-state index contributed by atoms with van der Waals surface area (Å²) < 4.78 is 24.4. The minimum Gasteiger partial charge on any atom is -0.454 e.